The Morgan fingerprint density at radius 1 is 1.41 bits per heavy atom. The third-order valence-corrected chi connectivity index (χ3v) is 3.32. The first kappa shape index (κ1) is 12.4. The van der Waals surface area contributed by atoms with Crippen molar-refractivity contribution in [1.82, 2.24) is 5.32 Å². The zero-order valence-corrected chi connectivity index (χ0v) is 10.3. The Labute approximate surface area is 106 Å². The first-order valence-corrected chi connectivity index (χ1v) is 6.22. The lowest BCUT2D eigenvalue weighted by molar-refractivity contribution is -0.137. The molecule has 0 heterocycles. The molecule has 17 heavy (non-hydrogen) atoms. The van der Waals surface area contributed by atoms with Crippen molar-refractivity contribution < 1.29 is 9.90 Å². The molecule has 0 radical (unpaired) electrons. The normalized spacial score (nSPS) is 16.8. The van der Waals surface area contributed by atoms with Gasteiger partial charge in [-0.15, -0.1) is 0 Å². The second kappa shape index (κ2) is 5.52. The highest BCUT2D eigenvalue weighted by Crippen LogP contribution is 2.34. The van der Waals surface area contributed by atoms with Gasteiger partial charge in [-0.3, -0.25) is 4.79 Å². The van der Waals surface area contributed by atoms with E-state index in [9.17, 15) is 4.79 Å². The van der Waals surface area contributed by atoms with Gasteiger partial charge in [0, 0.05) is 17.6 Å². The molecule has 0 saturated heterocycles. The average Bonchev–Trinajstić information content (AvgIpc) is 3.10. The predicted molar refractivity (Wildman–Crippen MR) is 67.1 cm³/mol. The molecule has 1 aromatic rings. The minimum atomic E-state index is -0.731. The summed E-state index contributed by atoms with van der Waals surface area (Å²) in [6.07, 6.45) is 2.50. The molecule has 1 unspecified atom stereocenters. The van der Waals surface area contributed by atoms with E-state index in [0.29, 0.717) is 12.5 Å². The molecule has 2 rings (SSSR count). The van der Waals surface area contributed by atoms with Crippen LogP contribution in [0, 0.1) is 5.92 Å². The molecule has 1 aliphatic carbocycles. The number of hydrogen-bond donors (Lipinski definition) is 2. The highest BCUT2D eigenvalue weighted by Gasteiger charge is 2.32. The lowest BCUT2D eigenvalue weighted by atomic mass is 10.1. The standard InChI is InChI=1S/C13H16ClNO2/c14-11-5-1-9(2-6-11)8-15-12(7-13(16)17)10-3-4-10/h1-2,5-6,10,12,15H,3-4,7-8H2,(H,16,17). The number of aliphatic carboxylic acids is 1. The Morgan fingerprint density at radius 2 is 2.06 bits per heavy atom. The van der Waals surface area contributed by atoms with Gasteiger partial charge < -0.3 is 10.4 Å². The molecule has 0 amide bonds. The summed E-state index contributed by atoms with van der Waals surface area (Å²) in [7, 11) is 0. The van der Waals surface area contributed by atoms with Crippen molar-refractivity contribution in [2.75, 3.05) is 0 Å². The van der Waals surface area contributed by atoms with Gasteiger partial charge in [-0.2, -0.15) is 0 Å². The van der Waals surface area contributed by atoms with Crippen LogP contribution >= 0.6 is 11.6 Å². The Kier molecular flexibility index (Phi) is 4.02. The molecule has 3 nitrogen and oxygen atoms in total. The van der Waals surface area contributed by atoms with E-state index in [0.717, 1.165) is 23.4 Å². The van der Waals surface area contributed by atoms with Crippen LogP contribution in [0.4, 0.5) is 0 Å². The molecule has 0 aliphatic heterocycles. The number of halogens is 1. The summed E-state index contributed by atoms with van der Waals surface area (Å²) >= 11 is 5.81. The highest BCUT2D eigenvalue weighted by molar-refractivity contribution is 6.30. The zero-order valence-electron chi connectivity index (χ0n) is 9.53. The van der Waals surface area contributed by atoms with Gasteiger partial charge in [0.2, 0.25) is 0 Å². The van der Waals surface area contributed by atoms with Gasteiger partial charge in [-0.1, -0.05) is 23.7 Å². The Morgan fingerprint density at radius 3 is 2.59 bits per heavy atom. The number of rotatable bonds is 6. The summed E-state index contributed by atoms with van der Waals surface area (Å²) in [6.45, 7) is 0.700. The first-order valence-electron chi connectivity index (χ1n) is 5.85. The van der Waals surface area contributed by atoms with Gasteiger partial charge in [0.1, 0.15) is 0 Å². The van der Waals surface area contributed by atoms with Gasteiger partial charge in [-0.25, -0.2) is 0 Å². The van der Waals surface area contributed by atoms with Crippen molar-refractivity contribution >= 4 is 17.6 Å². The largest absolute Gasteiger partial charge is 0.481 e. The van der Waals surface area contributed by atoms with Gasteiger partial charge >= 0.3 is 5.97 Å². The topological polar surface area (TPSA) is 49.3 Å². The Bertz CT molecular complexity index is 387. The van der Waals surface area contributed by atoms with Gasteiger partial charge in [-0.05, 0) is 36.5 Å². The van der Waals surface area contributed by atoms with Crippen LogP contribution in [0.1, 0.15) is 24.8 Å². The maximum Gasteiger partial charge on any atom is 0.304 e. The molecule has 2 N–H and O–H groups in total. The van der Waals surface area contributed by atoms with Crippen LogP contribution in [-0.4, -0.2) is 17.1 Å². The molecule has 0 bridgehead atoms. The van der Waals surface area contributed by atoms with Crippen molar-refractivity contribution in [3.8, 4) is 0 Å². The van der Waals surface area contributed by atoms with E-state index in [1.807, 2.05) is 24.3 Å². The summed E-state index contributed by atoms with van der Waals surface area (Å²) in [5.74, 6) is -0.191. The van der Waals surface area contributed by atoms with Crippen molar-refractivity contribution in [1.29, 1.82) is 0 Å². The maximum absolute atomic E-state index is 10.7. The maximum atomic E-state index is 10.7. The molecule has 1 aliphatic rings. The summed E-state index contributed by atoms with van der Waals surface area (Å²) < 4.78 is 0. The minimum absolute atomic E-state index is 0.100. The third-order valence-electron chi connectivity index (χ3n) is 3.07. The highest BCUT2D eigenvalue weighted by atomic mass is 35.5. The number of benzene rings is 1. The Hall–Kier alpha value is -1.06. The third kappa shape index (κ3) is 4.02. The first-order chi connectivity index (χ1) is 8.15. The number of carboxylic acids is 1. The van der Waals surface area contributed by atoms with Crippen molar-refractivity contribution in [3.05, 3.63) is 34.9 Å². The van der Waals surface area contributed by atoms with Crippen molar-refractivity contribution in [2.24, 2.45) is 5.92 Å². The lowest BCUT2D eigenvalue weighted by Gasteiger charge is -2.16. The molecule has 1 atom stereocenters. The summed E-state index contributed by atoms with van der Waals surface area (Å²) in [5, 5.41) is 12.9. The molecule has 4 heteroatoms. The molecular weight excluding hydrogens is 238 g/mol. The van der Waals surface area contributed by atoms with Crippen molar-refractivity contribution in [3.63, 3.8) is 0 Å². The number of carboxylic acid groups (broad SMARTS) is 1. The fourth-order valence-corrected chi connectivity index (χ4v) is 2.07. The Balaban J connectivity index is 1.86. The van der Waals surface area contributed by atoms with E-state index >= 15 is 0 Å². The summed E-state index contributed by atoms with van der Waals surface area (Å²) in [6, 6.07) is 7.72. The molecule has 1 aromatic carbocycles. The summed E-state index contributed by atoms with van der Waals surface area (Å²) in [5.41, 5.74) is 1.13. The fraction of sp³-hybridized carbons (Fsp3) is 0.462. The molecule has 92 valence electrons. The molecule has 0 aromatic heterocycles. The van der Waals surface area contributed by atoms with Crippen molar-refractivity contribution in [2.45, 2.75) is 31.8 Å². The lowest BCUT2D eigenvalue weighted by Crippen LogP contribution is -2.32. The molecule has 1 fully saturated rings. The quantitative estimate of drug-likeness (QED) is 0.820. The summed E-state index contributed by atoms with van der Waals surface area (Å²) in [4.78, 5) is 10.7. The van der Waals surface area contributed by atoms with E-state index < -0.39 is 5.97 Å². The monoisotopic (exact) mass is 253 g/mol. The van der Waals surface area contributed by atoms with Crippen LogP contribution in [0.25, 0.3) is 0 Å². The van der Waals surface area contributed by atoms with Crippen LogP contribution in [0.2, 0.25) is 5.02 Å². The fourth-order valence-electron chi connectivity index (χ4n) is 1.94. The van der Waals surface area contributed by atoms with E-state index in [1.165, 1.54) is 0 Å². The second-order valence-corrected chi connectivity index (χ2v) is 4.99. The van der Waals surface area contributed by atoms with Crippen LogP contribution in [0.5, 0.6) is 0 Å². The minimum Gasteiger partial charge on any atom is -0.481 e. The average molecular weight is 254 g/mol. The smallest absolute Gasteiger partial charge is 0.304 e. The van der Waals surface area contributed by atoms with Gasteiger partial charge in [0.05, 0.1) is 6.42 Å². The van der Waals surface area contributed by atoms with Crippen LogP contribution in [0.15, 0.2) is 24.3 Å². The molecule has 1 saturated carbocycles. The van der Waals surface area contributed by atoms with Crippen LogP contribution < -0.4 is 5.32 Å². The van der Waals surface area contributed by atoms with E-state index in [4.69, 9.17) is 16.7 Å². The number of carbonyl (C=O) groups is 1. The van der Waals surface area contributed by atoms with Gasteiger partial charge in [0.15, 0.2) is 0 Å². The van der Waals surface area contributed by atoms with E-state index in [2.05, 4.69) is 5.32 Å². The van der Waals surface area contributed by atoms with Crippen LogP contribution in [0.3, 0.4) is 0 Å². The second-order valence-electron chi connectivity index (χ2n) is 4.55. The van der Waals surface area contributed by atoms with E-state index in [-0.39, 0.29) is 12.5 Å². The van der Waals surface area contributed by atoms with Gasteiger partial charge in [0.25, 0.3) is 0 Å². The number of hydrogen-bond acceptors (Lipinski definition) is 2. The molecular formula is C13H16ClNO2. The van der Waals surface area contributed by atoms with Crippen LogP contribution in [-0.2, 0) is 11.3 Å². The predicted octanol–water partition coefficient (Wildman–Crippen LogP) is 2.68. The van der Waals surface area contributed by atoms with E-state index in [1.54, 1.807) is 0 Å². The molecule has 0 spiro atoms. The number of nitrogens with one attached hydrogen (secondary N) is 1. The zero-order chi connectivity index (χ0) is 12.3. The SMILES string of the molecule is O=C(O)CC(NCc1ccc(Cl)cc1)C1CC1.